The third kappa shape index (κ3) is 19.8. The van der Waals surface area contributed by atoms with Crippen molar-refractivity contribution in [2.75, 3.05) is 47.9 Å². The van der Waals surface area contributed by atoms with Gasteiger partial charge in [-0.25, -0.2) is 8.78 Å². The van der Waals surface area contributed by atoms with Crippen LogP contribution in [0.1, 0.15) is 151 Å². The Morgan fingerprint density at radius 1 is 0.554 bits per heavy atom. The monoisotopic (exact) mass is 1290 g/mol. The van der Waals surface area contributed by atoms with Crippen LogP contribution in [0.3, 0.4) is 0 Å². The van der Waals surface area contributed by atoms with E-state index < -0.39 is 107 Å². The maximum absolute atomic E-state index is 15.9. The van der Waals surface area contributed by atoms with E-state index in [9.17, 15) is 60.2 Å². The van der Waals surface area contributed by atoms with E-state index >= 15 is 8.78 Å². The summed E-state index contributed by atoms with van der Waals surface area (Å²) in [6.07, 6.45) is -8.33. The van der Waals surface area contributed by atoms with Gasteiger partial charge in [0.2, 0.25) is 11.8 Å². The van der Waals surface area contributed by atoms with Gasteiger partial charge in [-0.15, -0.1) is 0 Å². The third-order valence-corrected chi connectivity index (χ3v) is 15.8. The van der Waals surface area contributed by atoms with Crippen LogP contribution in [0.2, 0.25) is 0 Å². The van der Waals surface area contributed by atoms with Crippen molar-refractivity contribution in [3.63, 3.8) is 0 Å². The van der Waals surface area contributed by atoms with Gasteiger partial charge in [-0.3, -0.25) is 28.8 Å². The summed E-state index contributed by atoms with van der Waals surface area (Å²) in [7, 11) is 6.85. The van der Waals surface area contributed by atoms with Crippen molar-refractivity contribution in [3.8, 4) is 22.3 Å². The molecule has 0 saturated carbocycles. The third-order valence-electron chi connectivity index (χ3n) is 15.8. The number of hydrogen-bond donors (Lipinski definition) is 3. The molecule has 22 heteroatoms. The Morgan fingerprint density at radius 2 is 0.902 bits per heavy atom. The van der Waals surface area contributed by atoms with E-state index in [4.69, 9.17) is 4.74 Å². The maximum Gasteiger partial charge on any atom is 0.416 e. The minimum atomic E-state index is -4.78. The number of ether oxygens (including phenoxy) is 1. The molecule has 0 radical (unpaired) electrons. The number of carbonyl (C=O) groups is 4. The Bertz CT molecular complexity index is 3700. The van der Waals surface area contributed by atoms with Gasteiger partial charge in [-0.05, 0) is 205 Å². The van der Waals surface area contributed by atoms with Crippen molar-refractivity contribution < 1.29 is 64.1 Å². The zero-order valence-electron chi connectivity index (χ0n) is 55.0. The van der Waals surface area contributed by atoms with Crippen molar-refractivity contribution in [1.29, 1.82) is 0 Å². The molecule has 0 saturated heterocycles. The first-order valence-electron chi connectivity index (χ1n) is 30.5. The maximum atomic E-state index is 15.9. The minimum absolute atomic E-state index is 0.0147. The second-order valence-electron chi connectivity index (χ2n) is 25.0. The molecule has 2 aromatic heterocycles. The number of aromatic nitrogens is 2. The number of amides is 2. The summed E-state index contributed by atoms with van der Waals surface area (Å²) in [5.74, 6) is -5.14. The Morgan fingerprint density at radius 3 is 1.21 bits per heavy atom. The Labute approximate surface area is 533 Å². The molecule has 0 fully saturated rings. The molecule has 4 aromatic carbocycles. The fourth-order valence-corrected chi connectivity index (χ4v) is 11.4. The number of hydrogen-bond acceptors (Lipinski definition) is 9. The Hall–Kier alpha value is -7.98. The number of esters is 1. The van der Waals surface area contributed by atoms with Crippen molar-refractivity contribution in [3.05, 3.63) is 184 Å². The number of halogens is 8. The standard InChI is InChI=1S/C36H45F4N3O4.C34H41F4N3O4/c1-9-47-32(45)19-29(27-17-26(16-24(6)34(27)37)33-22(4)11-10-12-23(33)5)41-35(46)30(15-21(2)3)43-20-25(13-14-42(7)8)28(18-31(43)44)36(38,39)40;1-19(2)13-28(41-18-23(11-12-40(6)7)26(16-29(41)42)34(36,37)38)33(45)39-27(17-30(43)44)25-15-24(14-22(5)32(25)35)31-20(3)9-8-10-21(31)4/h10-12,16-18,20-21,29-30H,9,13-15,19H2,1-8H3,(H,41,46);8-10,14-16,18-19,27-28H,11-13,17H2,1-7H3,(H,39,45)(H,43,44)/t29-,30?;27-,28?/m00/s1. The Kier molecular flexibility index (Phi) is 26.0. The largest absolute Gasteiger partial charge is 0.481 e. The molecule has 0 spiro atoms. The molecule has 2 unspecified atom stereocenters. The number of benzene rings is 4. The first-order chi connectivity index (χ1) is 42.8. The number of alkyl halides is 6. The van der Waals surface area contributed by atoms with Crippen molar-refractivity contribution in [2.45, 2.75) is 151 Å². The highest BCUT2D eigenvalue weighted by molar-refractivity contribution is 5.83. The first kappa shape index (κ1) is 74.7. The van der Waals surface area contributed by atoms with Gasteiger partial charge in [0.25, 0.3) is 11.1 Å². The highest BCUT2D eigenvalue weighted by Gasteiger charge is 2.38. The van der Waals surface area contributed by atoms with Crippen LogP contribution in [0.25, 0.3) is 22.3 Å². The van der Waals surface area contributed by atoms with Gasteiger partial charge in [0.15, 0.2) is 0 Å². The van der Waals surface area contributed by atoms with Crippen LogP contribution < -0.4 is 21.8 Å². The van der Waals surface area contributed by atoms with E-state index in [1.54, 1.807) is 90.8 Å². The lowest BCUT2D eigenvalue weighted by Crippen LogP contribution is -2.41. The van der Waals surface area contributed by atoms with E-state index in [0.717, 1.165) is 54.9 Å². The summed E-state index contributed by atoms with van der Waals surface area (Å²) in [4.78, 5) is 82.5. The molecule has 0 aliphatic carbocycles. The molecule has 2 heterocycles. The highest BCUT2D eigenvalue weighted by Crippen LogP contribution is 2.38. The number of carboxylic acid groups (broad SMARTS) is 1. The van der Waals surface area contributed by atoms with Gasteiger partial charge >= 0.3 is 24.3 Å². The number of pyridine rings is 2. The molecule has 0 bridgehead atoms. The van der Waals surface area contributed by atoms with Crippen molar-refractivity contribution in [1.82, 2.24) is 29.6 Å². The predicted octanol–water partition coefficient (Wildman–Crippen LogP) is 13.7. The molecular formula is C70H86F8N6O8. The number of carboxylic acids is 1. The van der Waals surface area contributed by atoms with Crippen LogP contribution in [-0.2, 0) is 49.1 Å². The zero-order valence-corrected chi connectivity index (χ0v) is 55.0. The van der Waals surface area contributed by atoms with Gasteiger partial charge in [0.1, 0.15) is 23.7 Å². The summed E-state index contributed by atoms with van der Waals surface area (Å²) in [6.45, 7) is 20.3. The van der Waals surface area contributed by atoms with Gasteiger partial charge in [-0.2, -0.15) is 26.3 Å². The van der Waals surface area contributed by atoms with Gasteiger partial charge < -0.3 is 39.4 Å². The summed E-state index contributed by atoms with van der Waals surface area (Å²) < 4.78 is 122. The minimum Gasteiger partial charge on any atom is -0.481 e. The average molecular weight is 1290 g/mol. The second kappa shape index (κ2) is 32.0. The average Bonchev–Trinajstić information content (AvgIpc) is 0.809. The van der Waals surface area contributed by atoms with Gasteiger partial charge in [0.05, 0.1) is 42.7 Å². The van der Waals surface area contributed by atoms with E-state index in [1.165, 1.54) is 6.07 Å². The quantitative estimate of drug-likeness (QED) is 0.0370. The molecule has 0 aliphatic heterocycles. The topological polar surface area (TPSA) is 172 Å². The van der Waals surface area contributed by atoms with Crippen LogP contribution >= 0.6 is 0 Å². The van der Waals surface area contributed by atoms with Crippen molar-refractivity contribution in [2.24, 2.45) is 11.8 Å². The molecule has 6 aromatic rings. The lowest BCUT2D eigenvalue weighted by Gasteiger charge is -2.27. The highest BCUT2D eigenvalue weighted by atomic mass is 19.4. The van der Waals surface area contributed by atoms with Crippen LogP contribution in [0, 0.1) is 65.0 Å². The van der Waals surface area contributed by atoms with Crippen LogP contribution in [0.15, 0.2) is 94.8 Å². The van der Waals surface area contributed by atoms with Gasteiger partial charge in [-0.1, -0.05) is 64.1 Å². The fraction of sp³-hybridized carbons (Fsp3) is 0.457. The molecule has 4 atom stereocenters. The number of carbonyl (C=O) groups excluding carboxylic acids is 3. The van der Waals surface area contributed by atoms with Gasteiger partial charge in [0, 0.05) is 48.7 Å². The summed E-state index contributed by atoms with van der Waals surface area (Å²) in [6, 6.07) is 14.0. The molecule has 92 heavy (non-hydrogen) atoms. The summed E-state index contributed by atoms with van der Waals surface area (Å²) in [5, 5.41) is 15.2. The first-order valence-corrected chi connectivity index (χ1v) is 30.5. The van der Waals surface area contributed by atoms with Crippen LogP contribution in [0.5, 0.6) is 0 Å². The second-order valence-corrected chi connectivity index (χ2v) is 25.0. The zero-order chi connectivity index (χ0) is 69.0. The van der Waals surface area contributed by atoms with E-state index in [2.05, 4.69) is 10.6 Å². The van der Waals surface area contributed by atoms with E-state index in [0.29, 0.717) is 28.8 Å². The molecule has 500 valence electrons. The SMILES string of the molecule is CCOC(=O)C[C@H](NC(=O)C(CC(C)C)n1cc(CCN(C)C)c(C(F)(F)F)cc1=O)c1cc(-c2c(C)cccc2C)cc(C)c1F.Cc1cc(-c2c(C)cccc2C)cc([C@H](CC(=O)O)NC(=O)C(CC(C)C)n2cc(CCN(C)C)c(C(F)(F)F)cc2=O)c1F. The van der Waals surface area contributed by atoms with Crippen LogP contribution in [-0.4, -0.2) is 95.7 Å². The molecule has 2 amide bonds. The molecule has 6 rings (SSSR count). The summed E-state index contributed by atoms with van der Waals surface area (Å²) >= 11 is 0. The fourth-order valence-electron chi connectivity index (χ4n) is 11.4. The Balaban J connectivity index is 0.000000334. The number of nitrogens with one attached hydrogen (secondary N) is 2. The van der Waals surface area contributed by atoms with Crippen molar-refractivity contribution >= 4 is 23.8 Å². The number of aryl methyl sites for hydroxylation is 6. The number of aliphatic carboxylic acids is 1. The van der Waals surface area contributed by atoms with E-state index in [1.807, 2.05) is 77.9 Å². The number of likely N-dealkylation sites (N-methyl/N-ethyl adjacent to an activating group) is 2. The molecular weight excluding hydrogens is 1200 g/mol. The summed E-state index contributed by atoms with van der Waals surface area (Å²) in [5.41, 5.74) is 2.98. The molecule has 0 aliphatic rings. The molecule has 14 nitrogen and oxygen atoms in total. The smallest absolute Gasteiger partial charge is 0.416 e. The van der Waals surface area contributed by atoms with Crippen LogP contribution in [0.4, 0.5) is 35.1 Å². The number of nitrogens with zero attached hydrogens (tertiary/aromatic N) is 4. The normalized spacial score (nSPS) is 13.2. The molecule has 3 N–H and O–H groups in total. The number of rotatable bonds is 25. The lowest BCUT2D eigenvalue weighted by atomic mass is 9.90. The van der Waals surface area contributed by atoms with E-state index in [-0.39, 0.29) is 85.0 Å². The lowest BCUT2D eigenvalue weighted by molar-refractivity contribution is -0.144. The predicted molar refractivity (Wildman–Crippen MR) is 340 cm³/mol.